The van der Waals surface area contributed by atoms with Crippen LogP contribution in [0.1, 0.15) is 31.3 Å². The number of esters is 2. The zero-order valence-electron chi connectivity index (χ0n) is 13.2. The molecule has 0 aromatic carbocycles. The Morgan fingerprint density at radius 3 is 2.48 bits per heavy atom. The Bertz CT molecular complexity index is 586. The van der Waals surface area contributed by atoms with E-state index < -0.39 is 23.8 Å². The van der Waals surface area contributed by atoms with Gasteiger partial charge in [-0.15, -0.1) is 0 Å². The number of hydrazone groups is 1. The highest BCUT2D eigenvalue weighted by molar-refractivity contribution is 6.40. The molecule has 1 N–H and O–H groups in total. The van der Waals surface area contributed by atoms with E-state index in [1.165, 1.54) is 19.2 Å². The van der Waals surface area contributed by atoms with Crippen LogP contribution in [0.2, 0.25) is 0 Å². The third-order valence-electron chi connectivity index (χ3n) is 2.71. The molecule has 1 atom stereocenters. The van der Waals surface area contributed by atoms with E-state index in [-0.39, 0.29) is 24.6 Å². The molecule has 1 amide bonds. The van der Waals surface area contributed by atoms with Crippen molar-refractivity contribution >= 4 is 23.6 Å². The predicted octanol–water partition coefficient (Wildman–Crippen LogP) is 0.930. The van der Waals surface area contributed by atoms with E-state index in [1.807, 2.05) is 0 Å². The third kappa shape index (κ3) is 5.50. The Morgan fingerprint density at radius 2 is 1.91 bits per heavy atom. The molecular weight excluding hydrogens is 302 g/mol. The molecule has 0 saturated heterocycles. The standard InChI is InChI=1S/C15H19N3O5/c1-4-22-14(20)10(3)12(15(21)23-5-2)17-18-13(19)11-8-6-7-9-16-11/h6-10H,4-5H2,1-3H3,(H,18,19)/b17-12-/t10-/m0/s1. The average molecular weight is 321 g/mol. The fourth-order valence-electron chi connectivity index (χ4n) is 1.57. The van der Waals surface area contributed by atoms with Crippen LogP contribution >= 0.6 is 0 Å². The van der Waals surface area contributed by atoms with Crippen LogP contribution in [0.15, 0.2) is 29.5 Å². The number of pyridine rings is 1. The van der Waals surface area contributed by atoms with Gasteiger partial charge in [0.1, 0.15) is 11.6 Å². The molecule has 0 fully saturated rings. The Morgan fingerprint density at radius 1 is 1.22 bits per heavy atom. The number of amides is 1. The Balaban J connectivity index is 2.92. The van der Waals surface area contributed by atoms with Gasteiger partial charge in [-0.1, -0.05) is 6.07 Å². The Hall–Kier alpha value is -2.77. The summed E-state index contributed by atoms with van der Waals surface area (Å²) in [7, 11) is 0. The van der Waals surface area contributed by atoms with Gasteiger partial charge in [-0.25, -0.2) is 10.2 Å². The minimum atomic E-state index is -0.974. The molecule has 1 aromatic heterocycles. The maximum atomic E-state index is 11.9. The van der Waals surface area contributed by atoms with Gasteiger partial charge in [-0.2, -0.15) is 5.10 Å². The van der Waals surface area contributed by atoms with E-state index in [0.717, 1.165) is 0 Å². The van der Waals surface area contributed by atoms with Crippen LogP contribution in [-0.2, 0) is 19.1 Å². The number of hydrogen-bond donors (Lipinski definition) is 1. The molecule has 0 unspecified atom stereocenters. The minimum Gasteiger partial charge on any atom is -0.465 e. The minimum absolute atomic E-state index is 0.113. The van der Waals surface area contributed by atoms with Gasteiger partial charge in [0.2, 0.25) is 0 Å². The molecule has 0 bridgehead atoms. The molecule has 8 heteroatoms. The van der Waals surface area contributed by atoms with Gasteiger partial charge in [0.25, 0.3) is 5.91 Å². The van der Waals surface area contributed by atoms with Crippen molar-refractivity contribution in [3.05, 3.63) is 30.1 Å². The Labute approximate surface area is 133 Å². The molecule has 8 nitrogen and oxygen atoms in total. The fraction of sp³-hybridized carbons (Fsp3) is 0.400. The molecule has 124 valence electrons. The van der Waals surface area contributed by atoms with Gasteiger partial charge >= 0.3 is 11.9 Å². The normalized spacial score (nSPS) is 12.2. The lowest BCUT2D eigenvalue weighted by Gasteiger charge is -2.12. The van der Waals surface area contributed by atoms with Crippen LogP contribution in [0, 0.1) is 5.92 Å². The van der Waals surface area contributed by atoms with Crippen LogP contribution in [0.4, 0.5) is 0 Å². The van der Waals surface area contributed by atoms with E-state index in [2.05, 4.69) is 15.5 Å². The highest BCUT2D eigenvalue weighted by Gasteiger charge is 2.28. The number of nitrogens with one attached hydrogen (secondary N) is 1. The largest absolute Gasteiger partial charge is 0.465 e. The lowest BCUT2D eigenvalue weighted by Crippen LogP contribution is -2.34. The van der Waals surface area contributed by atoms with Gasteiger partial charge in [0.15, 0.2) is 5.71 Å². The van der Waals surface area contributed by atoms with E-state index in [9.17, 15) is 14.4 Å². The van der Waals surface area contributed by atoms with Crippen LogP contribution < -0.4 is 5.43 Å². The van der Waals surface area contributed by atoms with Crippen molar-refractivity contribution < 1.29 is 23.9 Å². The SMILES string of the molecule is CCOC(=O)/C(=N\NC(=O)c1ccccn1)[C@H](C)C(=O)OCC. The molecule has 1 heterocycles. The van der Waals surface area contributed by atoms with Gasteiger partial charge in [-0.05, 0) is 32.9 Å². The molecule has 0 aliphatic rings. The quantitative estimate of drug-likeness (QED) is 0.455. The maximum absolute atomic E-state index is 11.9. The monoisotopic (exact) mass is 321 g/mol. The second-order valence-electron chi connectivity index (χ2n) is 4.35. The highest BCUT2D eigenvalue weighted by Crippen LogP contribution is 2.05. The summed E-state index contributed by atoms with van der Waals surface area (Å²) in [5.41, 5.74) is 2.08. The molecular formula is C15H19N3O5. The molecule has 1 rings (SSSR count). The number of carbonyl (C=O) groups excluding carboxylic acids is 3. The lowest BCUT2D eigenvalue weighted by atomic mass is 10.1. The van der Waals surface area contributed by atoms with Crippen molar-refractivity contribution in [3.63, 3.8) is 0 Å². The van der Waals surface area contributed by atoms with Crippen molar-refractivity contribution in [3.8, 4) is 0 Å². The van der Waals surface area contributed by atoms with E-state index in [0.29, 0.717) is 0 Å². The average Bonchev–Trinajstić information content (AvgIpc) is 2.56. The highest BCUT2D eigenvalue weighted by atomic mass is 16.5. The van der Waals surface area contributed by atoms with E-state index in [1.54, 1.807) is 26.0 Å². The van der Waals surface area contributed by atoms with Crippen LogP contribution in [0.3, 0.4) is 0 Å². The first kappa shape index (κ1) is 18.3. The summed E-state index contributed by atoms with van der Waals surface area (Å²) >= 11 is 0. The van der Waals surface area contributed by atoms with Crippen molar-refractivity contribution in [1.82, 2.24) is 10.4 Å². The smallest absolute Gasteiger partial charge is 0.355 e. The zero-order chi connectivity index (χ0) is 17.2. The zero-order valence-corrected chi connectivity index (χ0v) is 13.2. The Kier molecular flexibility index (Phi) is 7.38. The molecule has 0 aliphatic carbocycles. The van der Waals surface area contributed by atoms with Crippen LogP contribution in [0.5, 0.6) is 0 Å². The van der Waals surface area contributed by atoms with Crippen molar-refractivity contribution in [1.29, 1.82) is 0 Å². The van der Waals surface area contributed by atoms with Crippen molar-refractivity contribution in [2.45, 2.75) is 20.8 Å². The predicted molar refractivity (Wildman–Crippen MR) is 81.6 cm³/mol. The lowest BCUT2D eigenvalue weighted by molar-refractivity contribution is -0.146. The van der Waals surface area contributed by atoms with Gasteiger partial charge in [0.05, 0.1) is 13.2 Å². The first-order valence-electron chi connectivity index (χ1n) is 7.13. The van der Waals surface area contributed by atoms with E-state index >= 15 is 0 Å². The number of rotatable bonds is 7. The fourth-order valence-corrected chi connectivity index (χ4v) is 1.57. The molecule has 0 spiro atoms. The molecule has 0 aliphatic heterocycles. The first-order valence-corrected chi connectivity index (χ1v) is 7.13. The maximum Gasteiger partial charge on any atom is 0.355 e. The molecule has 23 heavy (non-hydrogen) atoms. The topological polar surface area (TPSA) is 107 Å². The number of nitrogens with zero attached hydrogens (tertiary/aromatic N) is 2. The number of aromatic nitrogens is 1. The van der Waals surface area contributed by atoms with E-state index in [4.69, 9.17) is 9.47 Å². The summed E-state index contributed by atoms with van der Waals surface area (Å²) in [5.74, 6) is -3.01. The third-order valence-corrected chi connectivity index (χ3v) is 2.71. The number of carbonyl (C=O) groups is 3. The summed E-state index contributed by atoms with van der Waals surface area (Å²) in [4.78, 5) is 39.4. The van der Waals surface area contributed by atoms with Crippen molar-refractivity contribution in [2.75, 3.05) is 13.2 Å². The molecule has 1 aromatic rings. The van der Waals surface area contributed by atoms with Crippen molar-refractivity contribution in [2.24, 2.45) is 11.0 Å². The van der Waals surface area contributed by atoms with Crippen LogP contribution in [0.25, 0.3) is 0 Å². The summed E-state index contributed by atoms with van der Waals surface area (Å²) in [5, 5.41) is 3.72. The summed E-state index contributed by atoms with van der Waals surface area (Å²) in [6, 6.07) is 4.79. The summed E-state index contributed by atoms with van der Waals surface area (Å²) in [6.07, 6.45) is 1.45. The molecule has 0 saturated carbocycles. The number of ether oxygens (including phenoxy) is 2. The second kappa shape index (κ2) is 9.29. The first-order chi connectivity index (χ1) is 11.0. The summed E-state index contributed by atoms with van der Waals surface area (Å²) in [6.45, 7) is 4.99. The van der Waals surface area contributed by atoms with Gasteiger partial charge in [0, 0.05) is 6.20 Å². The summed E-state index contributed by atoms with van der Waals surface area (Å²) < 4.78 is 9.70. The van der Waals surface area contributed by atoms with Crippen LogP contribution in [-0.4, -0.2) is 41.8 Å². The molecule has 0 radical (unpaired) electrons. The number of hydrogen-bond acceptors (Lipinski definition) is 7. The van der Waals surface area contributed by atoms with Gasteiger partial charge in [-0.3, -0.25) is 14.6 Å². The van der Waals surface area contributed by atoms with Gasteiger partial charge < -0.3 is 9.47 Å². The second-order valence-corrected chi connectivity index (χ2v) is 4.35.